The monoisotopic (exact) mass is 550 g/mol. The van der Waals surface area contributed by atoms with Crippen LogP contribution in [0.5, 0.6) is 0 Å². The summed E-state index contributed by atoms with van der Waals surface area (Å²) >= 11 is 2.19. The minimum atomic E-state index is -0.208. The van der Waals surface area contributed by atoms with Crippen molar-refractivity contribution in [3.8, 4) is 0 Å². The standard InChI is InChI=1S/C26H35IN2O3/c1-4-10-19(2)22-13-8-9-14-23(22)21(17-24(27)26(31)29-28-3)15-16-25(30)32-18-20-11-6-5-7-12-20/h5-9,11-14,19,21,24,28H,4,10,15-18H2,1-3H3,(H,29,31). The van der Waals surface area contributed by atoms with Crippen LogP contribution in [0.3, 0.4) is 0 Å². The molecule has 32 heavy (non-hydrogen) atoms. The molecule has 0 saturated heterocycles. The van der Waals surface area contributed by atoms with Gasteiger partial charge in [0.2, 0.25) is 5.91 Å². The number of carbonyl (C=O) groups is 2. The first-order valence-corrected chi connectivity index (χ1v) is 12.6. The molecule has 2 aromatic rings. The van der Waals surface area contributed by atoms with E-state index in [4.69, 9.17) is 4.74 Å². The molecule has 5 nitrogen and oxygen atoms in total. The summed E-state index contributed by atoms with van der Waals surface area (Å²) < 4.78 is 5.28. The van der Waals surface area contributed by atoms with E-state index in [9.17, 15) is 9.59 Å². The lowest BCUT2D eigenvalue weighted by molar-refractivity contribution is -0.145. The zero-order valence-corrected chi connectivity index (χ0v) is 21.4. The fourth-order valence-electron chi connectivity index (χ4n) is 3.98. The number of esters is 1. The maximum absolute atomic E-state index is 12.5. The third kappa shape index (κ3) is 8.54. The zero-order valence-electron chi connectivity index (χ0n) is 19.3. The van der Waals surface area contributed by atoms with Crippen molar-refractivity contribution in [2.75, 3.05) is 7.05 Å². The van der Waals surface area contributed by atoms with Gasteiger partial charge in [-0.15, -0.1) is 0 Å². The zero-order chi connectivity index (χ0) is 23.3. The van der Waals surface area contributed by atoms with E-state index in [0.717, 1.165) is 18.4 Å². The van der Waals surface area contributed by atoms with E-state index in [-0.39, 0.29) is 28.3 Å². The highest BCUT2D eigenvalue weighted by atomic mass is 127. The van der Waals surface area contributed by atoms with Gasteiger partial charge < -0.3 is 4.74 Å². The van der Waals surface area contributed by atoms with Gasteiger partial charge >= 0.3 is 5.97 Å². The van der Waals surface area contributed by atoms with Gasteiger partial charge in [0.15, 0.2) is 0 Å². The highest BCUT2D eigenvalue weighted by Gasteiger charge is 2.25. The number of rotatable bonds is 13. The number of carbonyl (C=O) groups excluding carboxylic acids is 2. The van der Waals surface area contributed by atoms with Gasteiger partial charge in [0.05, 0.1) is 3.92 Å². The molecule has 6 heteroatoms. The lowest BCUT2D eigenvalue weighted by atomic mass is 9.82. The molecule has 0 radical (unpaired) electrons. The summed E-state index contributed by atoms with van der Waals surface area (Å²) in [7, 11) is 1.68. The third-order valence-electron chi connectivity index (χ3n) is 5.65. The molecular weight excluding hydrogens is 515 g/mol. The first kappa shape index (κ1) is 26.3. The number of benzene rings is 2. The van der Waals surface area contributed by atoms with Crippen LogP contribution in [0.25, 0.3) is 0 Å². The van der Waals surface area contributed by atoms with E-state index in [0.29, 0.717) is 25.2 Å². The predicted molar refractivity (Wildman–Crippen MR) is 138 cm³/mol. The fraction of sp³-hybridized carbons (Fsp3) is 0.462. The molecule has 2 rings (SSSR count). The molecule has 0 aliphatic heterocycles. The number of amides is 1. The SMILES string of the molecule is CCCC(C)c1ccccc1C(CCC(=O)OCc1ccccc1)CC(I)C(=O)NNC. The van der Waals surface area contributed by atoms with Crippen molar-refractivity contribution in [3.05, 3.63) is 71.3 Å². The highest BCUT2D eigenvalue weighted by Crippen LogP contribution is 2.35. The Morgan fingerprint density at radius 2 is 1.66 bits per heavy atom. The van der Waals surface area contributed by atoms with Crippen LogP contribution in [0, 0.1) is 0 Å². The third-order valence-corrected chi connectivity index (χ3v) is 6.73. The van der Waals surface area contributed by atoms with Crippen molar-refractivity contribution in [1.82, 2.24) is 10.9 Å². The number of ether oxygens (including phenoxy) is 1. The van der Waals surface area contributed by atoms with Crippen LogP contribution in [0.2, 0.25) is 0 Å². The van der Waals surface area contributed by atoms with Crippen LogP contribution in [-0.2, 0) is 20.9 Å². The molecule has 0 aliphatic carbocycles. The second-order valence-corrected chi connectivity index (χ2v) is 9.65. The fourth-order valence-corrected chi connectivity index (χ4v) is 4.75. The molecule has 0 aromatic heterocycles. The maximum atomic E-state index is 12.5. The number of nitrogens with one attached hydrogen (secondary N) is 2. The Morgan fingerprint density at radius 3 is 2.31 bits per heavy atom. The molecule has 174 valence electrons. The van der Waals surface area contributed by atoms with Crippen LogP contribution < -0.4 is 10.9 Å². The minimum Gasteiger partial charge on any atom is -0.461 e. The molecule has 0 fully saturated rings. The van der Waals surface area contributed by atoms with Gasteiger partial charge in [0.25, 0.3) is 0 Å². The minimum absolute atomic E-state index is 0.0520. The van der Waals surface area contributed by atoms with Gasteiger partial charge in [0, 0.05) is 13.5 Å². The Kier molecular flexibility index (Phi) is 11.7. The topological polar surface area (TPSA) is 67.4 Å². The summed E-state index contributed by atoms with van der Waals surface area (Å²) in [6.45, 7) is 4.74. The van der Waals surface area contributed by atoms with E-state index in [2.05, 4.69) is 65.5 Å². The molecule has 2 aromatic carbocycles. The molecule has 0 spiro atoms. The smallest absolute Gasteiger partial charge is 0.306 e. The van der Waals surface area contributed by atoms with E-state index >= 15 is 0 Å². The summed E-state index contributed by atoms with van der Waals surface area (Å²) in [4.78, 5) is 24.8. The van der Waals surface area contributed by atoms with E-state index in [1.54, 1.807) is 7.05 Å². The molecule has 3 atom stereocenters. The van der Waals surface area contributed by atoms with E-state index in [1.807, 2.05) is 36.4 Å². The summed E-state index contributed by atoms with van der Waals surface area (Å²) in [6, 6.07) is 18.2. The molecule has 0 saturated carbocycles. The Balaban J connectivity index is 2.12. The van der Waals surface area contributed by atoms with Crippen molar-refractivity contribution in [3.63, 3.8) is 0 Å². The van der Waals surface area contributed by atoms with Gasteiger partial charge in [-0.1, -0.05) is 97.5 Å². The second-order valence-electron chi connectivity index (χ2n) is 8.14. The number of halogens is 1. The van der Waals surface area contributed by atoms with Crippen molar-refractivity contribution >= 4 is 34.5 Å². The normalized spacial score (nSPS) is 13.8. The Bertz CT molecular complexity index is 844. The number of alkyl halides is 1. The van der Waals surface area contributed by atoms with Gasteiger partial charge in [-0.2, -0.15) is 0 Å². The number of hydrogen-bond acceptors (Lipinski definition) is 4. The van der Waals surface area contributed by atoms with Crippen LogP contribution in [0.15, 0.2) is 54.6 Å². The van der Waals surface area contributed by atoms with E-state index < -0.39 is 0 Å². The van der Waals surface area contributed by atoms with Crippen LogP contribution in [0.1, 0.15) is 74.5 Å². The molecule has 1 amide bonds. The predicted octanol–water partition coefficient (Wildman–Crippen LogP) is 5.64. The van der Waals surface area contributed by atoms with Crippen LogP contribution >= 0.6 is 22.6 Å². The van der Waals surface area contributed by atoms with Gasteiger partial charge in [0.1, 0.15) is 6.61 Å². The second kappa shape index (κ2) is 14.3. The number of hydrogen-bond donors (Lipinski definition) is 2. The molecule has 0 bridgehead atoms. The number of hydrazine groups is 1. The summed E-state index contributed by atoms with van der Waals surface area (Å²) in [5.41, 5.74) is 8.92. The summed E-state index contributed by atoms with van der Waals surface area (Å²) in [5, 5.41) is 0. The van der Waals surface area contributed by atoms with Gasteiger partial charge in [-0.05, 0) is 47.8 Å². The molecule has 0 heterocycles. The van der Waals surface area contributed by atoms with E-state index in [1.165, 1.54) is 11.1 Å². The van der Waals surface area contributed by atoms with Crippen LogP contribution in [-0.4, -0.2) is 22.8 Å². The largest absolute Gasteiger partial charge is 0.461 e. The van der Waals surface area contributed by atoms with Crippen LogP contribution in [0.4, 0.5) is 0 Å². The highest BCUT2D eigenvalue weighted by molar-refractivity contribution is 14.1. The first-order valence-electron chi connectivity index (χ1n) is 11.3. The Labute approximate surface area is 205 Å². The molecule has 2 N–H and O–H groups in total. The summed E-state index contributed by atoms with van der Waals surface area (Å²) in [5.74, 6) is 0.272. The molecule has 0 aliphatic rings. The Morgan fingerprint density at radius 1 is 1.00 bits per heavy atom. The van der Waals surface area contributed by atoms with Crippen molar-refractivity contribution in [2.45, 2.75) is 68.3 Å². The lowest BCUT2D eigenvalue weighted by Crippen LogP contribution is -2.39. The average molecular weight is 550 g/mol. The van der Waals surface area contributed by atoms with Crippen molar-refractivity contribution in [2.24, 2.45) is 0 Å². The maximum Gasteiger partial charge on any atom is 0.306 e. The van der Waals surface area contributed by atoms with Gasteiger partial charge in [-0.3, -0.25) is 15.0 Å². The molecular formula is C26H35IN2O3. The van der Waals surface area contributed by atoms with Crippen molar-refractivity contribution in [1.29, 1.82) is 0 Å². The van der Waals surface area contributed by atoms with Gasteiger partial charge in [-0.25, -0.2) is 5.43 Å². The average Bonchev–Trinajstić information content (AvgIpc) is 2.81. The lowest BCUT2D eigenvalue weighted by Gasteiger charge is -2.25. The van der Waals surface area contributed by atoms with Crippen molar-refractivity contribution < 1.29 is 14.3 Å². The first-order chi connectivity index (χ1) is 15.5. The quantitative estimate of drug-likeness (QED) is 0.147. The molecule has 3 unspecified atom stereocenters. The Hall–Kier alpha value is -1.93. The summed E-state index contributed by atoms with van der Waals surface area (Å²) in [6.07, 6.45) is 3.86.